The fourth-order valence-corrected chi connectivity index (χ4v) is 2.54. The predicted molar refractivity (Wildman–Crippen MR) is 78.2 cm³/mol. The van der Waals surface area contributed by atoms with Crippen LogP contribution in [-0.4, -0.2) is 56.3 Å². The molecule has 0 aliphatic carbocycles. The highest BCUT2D eigenvalue weighted by atomic mass is 16.6. The van der Waals surface area contributed by atoms with Crippen LogP contribution in [0.25, 0.3) is 0 Å². The van der Waals surface area contributed by atoms with E-state index in [-0.39, 0.29) is 10.6 Å². The van der Waals surface area contributed by atoms with E-state index in [1.807, 2.05) is 12.1 Å². The highest BCUT2D eigenvalue weighted by Gasteiger charge is 2.25. The molecule has 0 spiro atoms. The summed E-state index contributed by atoms with van der Waals surface area (Å²) in [6, 6.07) is 7.31. The molecule has 110 valence electrons. The molecule has 1 saturated heterocycles. The van der Waals surface area contributed by atoms with Crippen molar-refractivity contribution in [2.45, 2.75) is 12.5 Å². The minimum Gasteiger partial charge on any atom is -0.383 e. The van der Waals surface area contributed by atoms with Gasteiger partial charge in [0.2, 0.25) is 0 Å². The molecule has 1 atom stereocenters. The summed E-state index contributed by atoms with van der Waals surface area (Å²) in [4.78, 5) is 14.9. The van der Waals surface area contributed by atoms with Crippen molar-refractivity contribution in [3.63, 3.8) is 0 Å². The molecular weight excluding hydrogens is 258 g/mol. The maximum atomic E-state index is 10.6. The second-order valence-electron chi connectivity index (χ2n) is 5.14. The second-order valence-corrected chi connectivity index (χ2v) is 5.14. The number of anilines is 1. The van der Waals surface area contributed by atoms with Crippen LogP contribution in [0.5, 0.6) is 0 Å². The van der Waals surface area contributed by atoms with Crippen LogP contribution >= 0.6 is 0 Å². The van der Waals surface area contributed by atoms with Gasteiger partial charge in [0.1, 0.15) is 0 Å². The molecule has 1 aliphatic heterocycles. The normalized spacial score (nSPS) is 18.8. The Balaban J connectivity index is 1.93. The fourth-order valence-electron chi connectivity index (χ4n) is 2.54. The Kier molecular flexibility index (Phi) is 4.92. The lowest BCUT2D eigenvalue weighted by Crippen LogP contribution is -2.36. The number of methoxy groups -OCH3 is 1. The first-order chi connectivity index (χ1) is 9.61. The number of nitrogens with zero attached hydrogens (tertiary/aromatic N) is 3. The number of hydrogen-bond acceptors (Lipinski definition) is 5. The van der Waals surface area contributed by atoms with Crippen LogP contribution in [0.3, 0.4) is 0 Å². The van der Waals surface area contributed by atoms with E-state index in [4.69, 9.17) is 4.74 Å². The Hall–Kier alpha value is -1.66. The molecule has 1 heterocycles. The van der Waals surface area contributed by atoms with Crippen molar-refractivity contribution in [2.75, 3.05) is 45.3 Å². The number of nitro groups is 1. The number of hydrogen-bond donors (Lipinski definition) is 0. The second kappa shape index (κ2) is 6.67. The van der Waals surface area contributed by atoms with Crippen LogP contribution in [0.15, 0.2) is 24.3 Å². The average Bonchev–Trinajstić information content (AvgIpc) is 2.94. The van der Waals surface area contributed by atoms with Crippen LogP contribution < -0.4 is 4.90 Å². The molecular formula is C14H21N3O3. The number of nitro benzene ring substituents is 1. The molecule has 0 N–H and O–H groups in total. The summed E-state index contributed by atoms with van der Waals surface area (Å²) in [5.41, 5.74) is 1.19. The van der Waals surface area contributed by atoms with Gasteiger partial charge in [-0.3, -0.25) is 15.0 Å². The Morgan fingerprint density at radius 3 is 2.75 bits per heavy atom. The average molecular weight is 279 g/mol. The van der Waals surface area contributed by atoms with E-state index in [2.05, 4.69) is 16.8 Å². The Bertz CT molecular complexity index is 449. The summed E-state index contributed by atoms with van der Waals surface area (Å²) in [6.07, 6.45) is 1.11. The highest BCUT2D eigenvalue weighted by Crippen LogP contribution is 2.24. The molecule has 0 saturated carbocycles. The zero-order chi connectivity index (χ0) is 14.5. The Morgan fingerprint density at radius 2 is 2.15 bits per heavy atom. The van der Waals surface area contributed by atoms with E-state index in [1.54, 1.807) is 19.2 Å². The van der Waals surface area contributed by atoms with Gasteiger partial charge in [-0.05, 0) is 25.6 Å². The Morgan fingerprint density at radius 1 is 1.45 bits per heavy atom. The van der Waals surface area contributed by atoms with Gasteiger partial charge in [-0.15, -0.1) is 0 Å². The summed E-state index contributed by atoms with van der Waals surface area (Å²) in [6.45, 7) is 3.61. The van der Waals surface area contributed by atoms with Crippen molar-refractivity contribution in [1.29, 1.82) is 0 Å². The van der Waals surface area contributed by atoms with Crippen molar-refractivity contribution in [3.8, 4) is 0 Å². The summed E-state index contributed by atoms with van der Waals surface area (Å²) < 4.78 is 5.10. The van der Waals surface area contributed by atoms with E-state index in [9.17, 15) is 10.1 Å². The van der Waals surface area contributed by atoms with Gasteiger partial charge in [0.25, 0.3) is 5.69 Å². The van der Waals surface area contributed by atoms with Gasteiger partial charge in [-0.25, -0.2) is 0 Å². The van der Waals surface area contributed by atoms with Gasteiger partial charge in [-0.2, -0.15) is 0 Å². The first-order valence-corrected chi connectivity index (χ1v) is 6.80. The van der Waals surface area contributed by atoms with E-state index in [0.29, 0.717) is 6.04 Å². The standard InChI is InChI=1S/C14H21N3O3/c1-15(9-10-20-2)14-7-8-16(11-14)12-3-5-13(6-4-12)17(18)19/h3-6,14H,7-11H2,1-2H3/t14-/m0/s1. The van der Waals surface area contributed by atoms with Crippen molar-refractivity contribution >= 4 is 11.4 Å². The van der Waals surface area contributed by atoms with Gasteiger partial charge in [-0.1, -0.05) is 0 Å². The minimum absolute atomic E-state index is 0.140. The van der Waals surface area contributed by atoms with Gasteiger partial charge in [0.05, 0.1) is 11.5 Å². The van der Waals surface area contributed by atoms with Crippen molar-refractivity contribution < 1.29 is 9.66 Å². The molecule has 1 aromatic rings. The largest absolute Gasteiger partial charge is 0.383 e. The number of rotatable bonds is 6. The van der Waals surface area contributed by atoms with Crippen molar-refractivity contribution in [2.24, 2.45) is 0 Å². The number of benzene rings is 1. The lowest BCUT2D eigenvalue weighted by molar-refractivity contribution is -0.384. The topological polar surface area (TPSA) is 58.8 Å². The van der Waals surface area contributed by atoms with Crippen LogP contribution in [-0.2, 0) is 4.74 Å². The molecule has 0 unspecified atom stereocenters. The summed E-state index contributed by atoms with van der Waals surface area (Å²) >= 11 is 0. The van der Waals surface area contributed by atoms with Gasteiger partial charge in [0.15, 0.2) is 0 Å². The first kappa shape index (κ1) is 14.7. The summed E-state index contributed by atoms with van der Waals surface area (Å²) in [5, 5.41) is 10.6. The highest BCUT2D eigenvalue weighted by molar-refractivity contribution is 5.51. The summed E-state index contributed by atoms with van der Waals surface area (Å²) in [7, 11) is 3.83. The molecule has 0 bridgehead atoms. The van der Waals surface area contributed by atoms with Gasteiger partial charge in [0, 0.05) is 50.6 Å². The van der Waals surface area contributed by atoms with E-state index in [0.717, 1.165) is 38.3 Å². The first-order valence-electron chi connectivity index (χ1n) is 6.80. The van der Waals surface area contributed by atoms with Crippen molar-refractivity contribution in [1.82, 2.24) is 4.90 Å². The van der Waals surface area contributed by atoms with Crippen molar-refractivity contribution in [3.05, 3.63) is 34.4 Å². The van der Waals surface area contributed by atoms with E-state index >= 15 is 0 Å². The molecule has 20 heavy (non-hydrogen) atoms. The third kappa shape index (κ3) is 3.46. The number of non-ortho nitro benzene ring substituents is 1. The fraction of sp³-hybridized carbons (Fsp3) is 0.571. The predicted octanol–water partition coefficient (Wildman–Crippen LogP) is 1.75. The van der Waals surface area contributed by atoms with Crippen LogP contribution in [0.4, 0.5) is 11.4 Å². The third-order valence-electron chi connectivity index (χ3n) is 3.86. The molecule has 2 rings (SSSR count). The molecule has 6 heteroatoms. The monoisotopic (exact) mass is 279 g/mol. The molecule has 0 aromatic heterocycles. The van der Waals surface area contributed by atoms with Crippen LogP contribution in [0.2, 0.25) is 0 Å². The zero-order valence-corrected chi connectivity index (χ0v) is 12.0. The zero-order valence-electron chi connectivity index (χ0n) is 12.0. The van der Waals surface area contributed by atoms with E-state index < -0.39 is 0 Å². The van der Waals surface area contributed by atoms with Gasteiger partial charge < -0.3 is 9.64 Å². The molecule has 0 radical (unpaired) electrons. The quantitative estimate of drug-likeness (QED) is 0.586. The SMILES string of the molecule is COCCN(C)[C@H]1CCN(c2ccc([N+](=O)[O-])cc2)C1. The molecule has 1 aliphatic rings. The molecule has 6 nitrogen and oxygen atoms in total. The number of likely N-dealkylation sites (N-methyl/N-ethyl adjacent to an activating group) is 1. The van der Waals surface area contributed by atoms with Crippen LogP contribution in [0.1, 0.15) is 6.42 Å². The third-order valence-corrected chi connectivity index (χ3v) is 3.86. The van der Waals surface area contributed by atoms with E-state index in [1.165, 1.54) is 0 Å². The Labute approximate surface area is 119 Å². The number of ether oxygens (including phenoxy) is 1. The summed E-state index contributed by atoms with van der Waals surface area (Å²) in [5.74, 6) is 0. The lowest BCUT2D eigenvalue weighted by atomic mass is 10.2. The molecule has 1 fully saturated rings. The maximum Gasteiger partial charge on any atom is 0.269 e. The van der Waals surface area contributed by atoms with Crippen LogP contribution in [0, 0.1) is 10.1 Å². The van der Waals surface area contributed by atoms with Gasteiger partial charge >= 0.3 is 0 Å². The lowest BCUT2D eigenvalue weighted by Gasteiger charge is -2.25. The maximum absolute atomic E-state index is 10.6. The minimum atomic E-state index is -0.366. The molecule has 1 aromatic carbocycles. The smallest absolute Gasteiger partial charge is 0.269 e. The molecule has 0 amide bonds.